The Morgan fingerprint density at radius 3 is 2.30 bits per heavy atom. The molecule has 0 saturated heterocycles. The summed E-state index contributed by atoms with van der Waals surface area (Å²) in [6.07, 6.45) is 2.57. The van der Waals surface area contributed by atoms with Gasteiger partial charge in [0.25, 0.3) is 0 Å². The van der Waals surface area contributed by atoms with E-state index in [0.29, 0.717) is 24.3 Å². The van der Waals surface area contributed by atoms with Crippen LogP contribution in [0.3, 0.4) is 0 Å². The highest BCUT2D eigenvalue weighted by atomic mass is 16.5. The first-order valence-corrected chi connectivity index (χ1v) is 6.52. The molecule has 1 aliphatic carbocycles. The molecule has 1 fully saturated rings. The van der Waals surface area contributed by atoms with E-state index in [1.54, 1.807) is 31.4 Å². The van der Waals surface area contributed by atoms with Crippen molar-refractivity contribution in [3.63, 3.8) is 0 Å². The summed E-state index contributed by atoms with van der Waals surface area (Å²) in [4.78, 5) is 23.3. The van der Waals surface area contributed by atoms with E-state index >= 15 is 0 Å². The molecule has 0 bridgehead atoms. The van der Waals surface area contributed by atoms with E-state index in [9.17, 15) is 14.7 Å². The van der Waals surface area contributed by atoms with Crippen LogP contribution in [0.5, 0.6) is 5.75 Å². The molecule has 0 unspecified atom stereocenters. The topological polar surface area (TPSA) is 87.7 Å². The maximum Gasteiger partial charge on any atom is 0.329 e. The minimum Gasteiger partial charge on any atom is -0.497 e. The lowest BCUT2D eigenvalue weighted by molar-refractivity contribution is -0.144. The van der Waals surface area contributed by atoms with E-state index in [2.05, 4.69) is 10.6 Å². The molecular formula is C14H18N2O4. The molecule has 6 nitrogen and oxygen atoms in total. The van der Waals surface area contributed by atoms with Gasteiger partial charge >= 0.3 is 12.0 Å². The Morgan fingerprint density at radius 1 is 1.20 bits per heavy atom. The van der Waals surface area contributed by atoms with Gasteiger partial charge in [-0.15, -0.1) is 0 Å². The van der Waals surface area contributed by atoms with E-state index in [1.807, 2.05) is 0 Å². The average molecular weight is 278 g/mol. The number of rotatable bonds is 4. The van der Waals surface area contributed by atoms with Crippen molar-refractivity contribution in [1.82, 2.24) is 5.32 Å². The second-order valence-electron chi connectivity index (χ2n) is 4.90. The van der Waals surface area contributed by atoms with Crippen molar-refractivity contribution in [3.05, 3.63) is 24.3 Å². The largest absolute Gasteiger partial charge is 0.497 e. The zero-order valence-electron chi connectivity index (χ0n) is 11.3. The molecule has 3 N–H and O–H groups in total. The Kier molecular flexibility index (Phi) is 4.12. The SMILES string of the molecule is COc1ccc(NC(=O)NC2(C(=O)O)CCCC2)cc1. The number of anilines is 1. The molecule has 0 spiro atoms. The number of carbonyl (C=O) groups excluding carboxylic acids is 1. The van der Waals surface area contributed by atoms with Gasteiger partial charge in [0.2, 0.25) is 0 Å². The van der Waals surface area contributed by atoms with Gasteiger partial charge in [-0.3, -0.25) is 0 Å². The van der Waals surface area contributed by atoms with Gasteiger partial charge in [-0.05, 0) is 37.1 Å². The smallest absolute Gasteiger partial charge is 0.329 e. The lowest BCUT2D eigenvalue weighted by Gasteiger charge is -2.25. The van der Waals surface area contributed by atoms with Crippen molar-refractivity contribution in [2.75, 3.05) is 12.4 Å². The Balaban J connectivity index is 1.99. The maximum atomic E-state index is 11.9. The number of urea groups is 1. The van der Waals surface area contributed by atoms with E-state index in [4.69, 9.17) is 4.74 Å². The Labute approximate surface area is 117 Å². The number of benzene rings is 1. The van der Waals surface area contributed by atoms with Crippen molar-refractivity contribution >= 4 is 17.7 Å². The molecule has 1 aliphatic rings. The van der Waals surface area contributed by atoms with Crippen LogP contribution < -0.4 is 15.4 Å². The summed E-state index contributed by atoms with van der Waals surface area (Å²) in [6.45, 7) is 0. The number of carbonyl (C=O) groups is 2. The van der Waals surface area contributed by atoms with Crippen molar-refractivity contribution in [2.45, 2.75) is 31.2 Å². The molecule has 0 atom stereocenters. The fraction of sp³-hybridized carbons (Fsp3) is 0.429. The van der Waals surface area contributed by atoms with Gasteiger partial charge in [-0.1, -0.05) is 12.8 Å². The molecule has 1 aromatic rings. The number of amides is 2. The molecule has 0 aliphatic heterocycles. The third-order valence-corrected chi connectivity index (χ3v) is 3.57. The van der Waals surface area contributed by atoms with Gasteiger partial charge < -0.3 is 20.5 Å². The van der Waals surface area contributed by atoms with Crippen LogP contribution in [0.2, 0.25) is 0 Å². The third-order valence-electron chi connectivity index (χ3n) is 3.57. The van der Waals surface area contributed by atoms with Crippen molar-refractivity contribution in [3.8, 4) is 5.75 Å². The molecule has 0 radical (unpaired) electrons. The van der Waals surface area contributed by atoms with Gasteiger partial charge in [0.1, 0.15) is 11.3 Å². The quantitative estimate of drug-likeness (QED) is 0.788. The van der Waals surface area contributed by atoms with Gasteiger partial charge in [0, 0.05) is 5.69 Å². The molecule has 2 amide bonds. The predicted octanol–water partition coefficient (Wildman–Crippen LogP) is 2.21. The highest BCUT2D eigenvalue weighted by molar-refractivity contribution is 5.94. The molecule has 108 valence electrons. The van der Waals surface area contributed by atoms with E-state index in [0.717, 1.165) is 12.8 Å². The number of hydrogen-bond donors (Lipinski definition) is 3. The maximum absolute atomic E-state index is 11.9. The summed E-state index contributed by atoms with van der Waals surface area (Å²) in [5.41, 5.74) is -0.543. The van der Waals surface area contributed by atoms with E-state index < -0.39 is 17.5 Å². The summed E-state index contributed by atoms with van der Waals surface area (Å²) in [7, 11) is 1.56. The zero-order valence-corrected chi connectivity index (χ0v) is 11.3. The van der Waals surface area contributed by atoms with Crippen molar-refractivity contribution in [1.29, 1.82) is 0 Å². The zero-order chi connectivity index (χ0) is 14.6. The first-order chi connectivity index (χ1) is 9.55. The molecule has 0 aromatic heterocycles. The van der Waals surface area contributed by atoms with Gasteiger partial charge in [0.15, 0.2) is 0 Å². The summed E-state index contributed by atoms with van der Waals surface area (Å²) in [5, 5.41) is 14.5. The third kappa shape index (κ3) is 3.01. The van der Waals surface area contributed by atoms with Crippen LogP contribution in [0, 0.1) is 0 Å². The molecule has 1 saturated carbocycles. The Morgan fingerprint density at radius 2 is 1.80 bits per heavy atom. The summed E-state index contributed by atoms with van der Waals surface area (Å²) < 4.78 is 5.02. The first kappa shape index (κ1) is 14.2. The van der Waals surface area contributed by atoms with Gasteiger partial charge in [0.05, 0.1) is 7.11 Å². The van der Waals surface area contributed by atoms with Gasteiger partial charge in [-0.2, -0.15) is 0 Å². The van der Waals surface area contributed by atoms with Crippen LogP contribution in [-0.2, 0) is 4.79 Å². The Hall–Kier alpha value is -2.24. The summed E-state index contributed by atoms with van der Waals surface area (Å²) in [5.74, 6) is -0.284. The molecular weight excluding hydrogens is 260 g/mol. The van der Waals surface area contributed by atoms with Gasteiger partial charge in [-0.25, -0.2) is 9.59 Å². The minimum atomic E-state index is -1.13. The van der Waals surface area contributed by atoms with E-state index in [1.165, 1.54) is 0 Å². The fourth-order valence-electron chi connectivity index (χ4n) is 2.42. The second kappa shape index (κ2) is 5.81. The fourth-order valence-corrected chi connectivity index (χ4v) is 2.42. The number of hydrogen-bond acceptors (Lipinski definition) is 3. The molecule has 6 heteroatoms. The second-order valence-corrected chi connectivity index (χ2v) is 4.90. The number of carboxylic acids is 1. The Bertz CT molecular complexity index is 492. The lowest BCUT2D eigenvalue weighted by atomic mass is 9.98. The van der Waals surface area contributed by atoms with Crippen LogP contribution in [0.1, 0.15) is 25.7 Å². The lowest BCUT2D eigenvalue weighted by Crippen LogP contribution is -2.53. The molecule has 20 heavy (non-hydrogen) atoms. The number of nitrogens with one attached hydrogen (secondary N) is 2. The van der Waals surface area contributed by atoms with Crippen LogP contribution in [0.4, 0.5) is 10.5 Å². The normalized spacial score (nSPS) is 16.4. The molecule has 2 rings (SSSR count). The highest BCUT2D eigenvalue weighted by Gasteiger charge is 2.42. The van der Waals surface area contributed by atoms with Crippen molar-refractivity contribution in [2.24, 2.45) is 0 Å². The number of aliphatic carboxylic acids is 1. The monoisotopic (exact) mass is 278 g/mol. The standard InChI is InChI=1S/C14H18N2O4/c1-20-11-6-4-10(5-7-11)15-13(19)16-14(12(17)18)8-2-3-9-14/h4-7H,2-3,8-9H2,1H3,(H,17,18)(H2,15,16,19). The first-order valence-electron chi connectivity index (χ1n) is 6.52. The number of ether oxygens (including phenoxy) is 1. The minimum absolute atomic E-state index is 0.471. The van der Waals surface area contributed by atoms with Crippen LogP contribution in [0.15, 0.2) is 24.3 Å². The van der Waals surface area contributed by atoms with Crippen molar-refractivity contribution < 1.29 is 19.4 Å². The van der Waals surface area contributed by atoms with Crippen LogP contribution in [0.25, 0.3) is 0 Å². The predicted molar refractivity (Wildman–Crippen MR) is 74.0 cm³/mol. The van der Waals surface area contributed by atoms with Crippen LogP contribution in [-0.4, -0.2) is 29.8 Å². The number of methoxy groups -OCH3 is 1. The molecule has 1 aromatic carbocycles. The summed E-state index contributed by atoms with van der Waals surface area (Å²) in [6, 6.07) is 6.33. The number of carboxylic acid groups (broad SMARTS) is 1. The highest BCUT2D eigenvalue weighted by Crippen LogP contribution is 2.30. The van der Waals surface area contributed by atoms with E-state index in [-0.39, 0.29) is 0 Å². The van der Waals surface area contributed by atoms with Crippen LogP contribution >= 0.6 is 0 Å². The molecule has 0 heterocycles. The summed E-state index contributed by atoms with van der Waals surface area (Å²) >= 11 is 0. The average Bonchev–Trinajstić information content (AvgIpc) is 2.89.